The van der Waals surface area contributed by atoms with Gasteiger partial charge in [0.1, 0.15) is 5.69 Å². The number of nitrogens with zero attached hydrogens (tertiary/aromatic N) is 3. The molecule has 0 amide bonds. The van der Waals surface area contributed by atoms with Crippen molar-refractivity contribution in [2.45, 2.75) is 39.2 Å². The lowest BCUT2D eigenvalue weighted by atomic mass is 10.1. The van der Waals surface area contributed by atoms with E-state index < -0.39 is 0 Å². The highest BCUT2D eigenvalue weighted by Gasteiger charge is 2.15. The molecule has 3 rings (SSSR count). The van der Waals surface area contributed by atoms with E-state index in [1.54, 1.807) is 0 Å². The van der Waals surface area contributed by atoms with Gasteiger partial charge >= 0.3 is 0 Å². The molecule has 1 aliphatic rings. The second-order valence-corrected chi connectivity index (χ2v) is 4.71. The molecule has 94 valence electrons. The first-order chi connectivity index (χ1) is 8.83. The summed E-state index contributed by atoms with van der Waals surface area (Å²) in [5.41, 5.74) is 5.61. The lowest BCUT2D eigenvalue weighted by Gasteiger charge is -2.07. The molecule has 1 heterocycles. The van der Waals surface area contributed by atoms with E-state index >= 15 is 0 Å². The zero-order valence-corrected chi connectivity index (χ0v) is 10.6. The highest BCUT2D eigenvalue weighted by molar-refractivity contribution is 5.43. The number of aryl methyl sites for hydroxylation is 2. The minimum absolute atomic E-state index is 0.0475. The Labute approximate surface area is 106 Å². The molecule has 1 aromatic heterocycles. The van der Waals surface area contributed by atoms with Crippen LogP contribution in [0.2, 0.25) is 0 Å². The van der Waals surface area contributed by atoms with Crippen LogP contribution in [-0.2, 0) is 25.9 Å². The van der Waals surface area contributed by atoms with Crippen molar-refractivity contribution < 1.29 is 5.11 Å². The third kappa shape index (κ3) is 1.73. The standard InChI is InChI=1S/C14H17N3O/c1-2-14-13(9-18)15-16-17(14)12-7-6-10-4-3-5-11(10)8-12/h6-8,18H,2-5,9H2,1H3. The second-order valence-electron chi connectivity index (χ2n) is 4.71. The molecule has 1 aromatic carbocycles. The van der Waals surface area contributed by atoms with Gasteiger partial charge in [-0.1, -0.05) is 18.2 Å². The average molecular weight is 243 g/mol. The van der Waals surface area contributed by atoms with Crippen LogP contribution in [-0.4, -0.2) is 20.1 Å². The number of hydrogen-bond donors (Lipinski definition) is 1. The molecule has 0 saturated heterocycles. The van der Waals surface area contributed by atoms with Gasteiger partial charge < -0.3 is 5.11 Å². The van der Waals surface area contributed by atoms with E-state index in [1.165, 1.54) is 24.0 Å². The highest BCUT2D eigenvalue weighted by Crippen LogP contribution is 2.25. The fourth-order valence-electron chi connectivity index (χ4n) is 2.71. The normalized spacial score (nSPS) is 13.9. The predicted molar refractivity (Wildman–Crippen MR) is 68.7 cm³/mol. The Morgan fingerprint density at radius 3 is 2.89 bits per heavy atom. The monoisotopic (exact) mass is 243 g/mol. The van der Waals surface area contributed by atoms with E-state index in [4.69, 9.17) is 0 Å². The fraction of sp³-hybridized carbons (Fsp3) is 0.429. The summed E-state index contributed by atoms with van der Waals surface area (Å²) in [6.45, 7) is 2.01. The van der Waals surface area contributed by atoms with Crippen LogP contribution in [0.3, 0.4) is 0 Å². The summed E-state index contributed by atoms with van der Waals surface area (Å²) in [6.07, 6.45) is 4.42. The molecule has 0 fully saturated rings. The molecule has 1 N–H and O–H groups in total. The molecular weight excluding hydrogens is 226 g/mol. The molecule has 0 aliphatic heterocycles. The summed E-state index contributed by atoms with van der Waals surface area (Å²) in [6, 6.07) is 6.49. The van der Waals surface area contributed by atoms with Crippen molar-refractivity contribution in [3.63, 3.8) is 0 Å². The van der Waals surface area contributed by atoms with E-state index in [2.05, 4.69) is 35.4 Å². The molecule has 4 nitrogen and oxygen atoms in total. The van der Waals surface area contributed by atoms with Gasteiger partial charge in [0.15, 0.2) is 0 Å². The molecule has 2 aromatic rings. The van der Waals surface area contributed by atoms with Gasteiger partial charge in [0, 0.05) is 0 Å². The Morgan fingerprint density at radius 2 is 2.11 bits per heavy atom. The molecule has 0 saturated carbocycles. The van der Waals surface area contributed by atoms with Crippen LogP contribution in [0.25, 0.3) is 5.69 Å². The Kier molecular flexibility index (Phi) is 2.88. The topological polar surface area (TPSA) is 50.9 Å². The molecule has 0 atom stereocenters. The first-order valence-corrected chi connectivity index (χ1v) is 6.50. The van der Waals surface area contributed by atoms with Gasteiger partial charge in [-0.25, -0.2) is 4.68 Å². The van der Waals surface area contributed by atoms with Crippen molar-refractivity contribution >= 4 is 0 Å². The summed E-state index contributed by atoms with van der Waals surface area (Å²) < 4.78 is 1.85. The van der Waals surface area contributed by atoms with Crippen LogP contribution in [0.1, 0.15) is 35.9 Å². The number of rotatable bonds is 3. The number of aliphatic hydroxyl groups is 1. The summed E-state index contributed by atoms with van der Waals surface area (Å²) in [5, 5.41) is 17.4. The van der Waals surface area contributed by atoms with E-state index in [9.17, 15) is 5.11 Å². The molecule has 0 bridgehead atoms. The fourth-order valence-corrected chi connectivity index (χ4v) is 2.71. The van der Waals surface area contributed by atoms with Crippen molar-refractivity contribution in [2.24, 2.45) is 0 Å². The van der Waals surface area contributed by atoms with Gasteiger partial charge in [0.25, 0.3) is 0 Å². The zero-order valence-electron chi connectivity index (χ0n) is 10.6. The average Bonchev–Trinajstić information content (AvgIpc) is 3.03. The minimum Gasteiger partial charge on any atom is -0.390 e. The minimum atomic E-state index is -0.0475. The van der Waals surface area contributed by atoms with Gasteiger partial charge in [-0.05, 0) is 48.9 Å². The van der Waals surface area contributed by atoms with Gasteiger partial charge in [-0.3, -0.25) is 0 Å². The summed E-state index contributed by atoms with van der Waals surface area (Å²) in [5.74, 6) is 0. The van der Waals surface area contributed by atoms with Gasteiger partial charge in [0.05, 0.1) is 18.0 Å². The first-order valence-electron chi connectivity index (χ1n) is 6.50. The summed E-state index contributed by atoms with van der Waals surface area (Å²) >= 11 is 0. The van der Waals surface area contributed by atoms with Crippen LogP contribution in [0.5, 0.6) is 0 Å². The van der Waals surface area contributed by atoms with E-state index in [0.717, 1.165) is 24.2 Å². The Balaban J connectivity index is 2.07. The van der Waals surface area contributed by atoms with Crippen molar-refractivity contribution in [3.05, 3.63) is 40.7 Å². The quantitative estimate of drug-likeness (QED) is 0.894. The van der Waals surface area contributed by atoms with Crippen LogP contribution < -0.4 is 0 Å². The van der Waals surface area contributed by atoms with Crippen LogP contribution in [0.4, 0.5) is 0 Å². The van der Waals surface area contributed by atoms with Gasteiger partial charge in [-0.2, -0.15) is 0 Å². The van der Waals surface area contributed by atoms with Crippen molar-refractivity contribution in [3.8, 4) is 5.69 Å². The molecule has 18 heavy (non-hydrogen) atoms. The molecular formula is C14H17N3O. The Bertz CT molecular complexity index is 574. The lowest BCUT2D eigenvalue weighted by molar-refractivity contribution is 0.275. The molecule has 1 aliphatic carbocycles. The summed E-state index contributed by atoms with van der Waals surface area (Å²) in [4.78, 5) is 0. The molecule has 0 unspecified atom stereocenters. The number of aliphatic hydroxyl groups excluding tert-OH is 1. The maximum Gasteiger partial charge on any atom is 0.112 e. The SMILES string of the molecule is CCc1c(CO)nnn1-c1ccc2c(c1)CCC2. The van der Waals surface area contributed by atoms with Crippen LogP contribution in [0, 0.1) is 0 Å². The second kappa shape index (κ2) is 4.53. The molecule has 0 spiro atoms. The summed E-state index contributed by atoms with van der Waals surface area (Å²) in [7, 11) is 0. The smallest absolute Gasteiger partial charge is 0.112 e. The number of hydrogen-bond acceptors (Lipinski definition) is 3. The Hall–Kier alpha value is -1.68. The molecule has 4 heteroatoms. The predicted octanol–water partition coefficient (Wildman–Crippen LogP) is 1.81. The highest BCUT2D eigenvalue weighted by atomic mass is 16.3. The van der Waals surface area contributed by atoms with E-state index in [-0.39, 0.29) is 6.61 Å². The molecule has 0 radical (unpaired) electrons. The largest absolute Gasteiger partial charge is 0.390 e. The van der Waals surface area contributed by atoms with Crippen molar-refractivity contribution in [1.82, 2.24) is 15.0 Å². The van der Waals surface area contributed by atoms with Gasteiger partial charge in [-0.15, -0.1) is 5.10 Å². The first kappa shape index (κ1) is 11.4. The maximum absolute atomic E-state index is 9.25. The van der Waals surface area contributed by atoms with Crippen LogP contribution >= 0.6 is 0 Å². The number of fused-ring (bicyclic) bond motifs is 1. The van der Waals surface area contributed by atoms with Crippen LogP contribution in [0.15, 0.2) is 18.2 Å². The number of aromatic nitrogens is 3. The lowest BCUT2D eigenvalue weighted by Crippen LogP contribution is -2.03. The van der Waals surface area contributed by atoms with Crippen molar-refractivity contribution in [2.75, 3.05) is 0 Å². The van der Waals surface area contributed by atoms with E-state index in [1.807, 2.05) is 4.68 Å². The van der Waals surface area contributed by atoms with Crippen molar-refractivity contribution in [1.29, 1.82) is 0 Å². The third-order valence-electron chi connectivity index (χ3n) is 3.65. The van der Waals surface area contributed by atoms with Gasteiger partial charge in [0.2, 0.25) is 0 Å². The van der Waals surface area contributed by atoms with E-state index in [0.29, 0.717) is 5.69 Å². The zero-order chi connectivity index (χ0) is 12.5. The Morgan fingerprint density at radius 1 is 1.28 bits per heavy atom. The third-order valence-corrected chi connectivity index (χ3v) is 3.65. The number of benzene rings is 1. The maximum atomic E-state index is 9.25.